The van der Waals surface area contributed by atoms with Crippen LogP contribution in [0.2, 0.25) is 0 Å². The van der Waals surface area contributed by atoms with E-state index >= 15 is 0 Å². The van der Waals surface area contributed by atoms with Gasteiger partial charge in [-0.15, -0.1) is 10.2 Å². The van der Waals surface area contributed by atoms with Crippen LogP contribution < -0.4 is 10.2 Å². The van der Waals surface area contributed by atoms with Gasteiger partial charge in [-0.25, -0.2) is 4.98 Å². The highest BCUT2D eigenvalue weighted by atomic mass is 32.2. The van der Waals surface area contributed by atoms with Crippen LogP contribution in [0.15, 0.2) is 27.7 Å². The molecule has 0 aliphatic carbocycles. The normalized spacial score (nSPS) is 12.4. The lowest BCUT2D eigenvalue weighted by molar-refractivity contribution is 0.568. The second-order valence-electron chi connectivity index (χ2n) is 4.95. The predicted molar refractivity (Wildman–Crippen MR) is 89.3 cm³/mol. The number of pyridine rings is 1. The van der Waals surface area contributed by atoms with Crippen molar-refractivity contribution in [2.45, 2.75) is 35.7 Å². The average Bonchev–Trinajstić information content (AvgIpc) is 2.94. The van der Waals surface area contributed by atoms with Crippen LogP contribution in [-0.2, 0) is 0 Å². The highest BCUT2D eigenvalue weighted by Crippen LogP contribution is 2.31. The van der Waals surface area contributed by atoms with Crippen LogP contribution >= 0.6 is 23.1 Å². The Bertz CT molecular complexity index is 553. The molecule has 1 unspecified atom stereocenters. The lowest BCUT2D eigenvalue weighted by Crippen LogP contribution is -2.19. The van der Waals surface area contributed by atoms with Gasteiger partial charge in [-0.2, -0.15) is 0 Å². The summed E-state index contributed by atoms with van der Waals surface area (Å²) in [6.45, 7) is 5.35. The molecule has 0 bridgehead atoms. The summed E-state index contributed by atoms with van der Waals surface area (Å²) in [6, 6.07) is 4.50. The van der Waals surface area contributed by atoms with Crippen molar-refractivity contribution < 1.29 is 0 Å². The molecule has 7 heteroatoms. The first kappa shape index (κ1) is 16.2. The minimum absolute atomic E-state index is 0.332. The zero-order valence-electron chi connectivity index (χ0n) is 12.8. The molecule has 1 N–H and O–H groups in total. The molecule has 0 aliphatic heterocycles. The van der Waals surface area contributed by atoms with Crippen molar-refractivity contribution in [1.82, 2.24) is 20.5 Å². The molecular formula is C14H21N5S2. The van der Waals surface area contributed by atoms with Gasteiger partial charge in [0.05, 0.1) is 0 Å². The fraction of sp³-hybridized carbons (Fsp3) is 0.500. The number of nitrogens with zero attached hydrogens (tertiary/aromatic N) is 4. The molecule has 1 atom stereocenters. The van der Waals surface area contributed by atoms with E-state index in [0.29, 0.717) is 6.04 Å². The summed E-state index contributed by atoms with van der Waals surface area (Å²) >= 11 is 3.12. The van der Waals surface area contributed by atoms with Crippen LogP contribution in [0.25, 0.3) is 0 Å². The fourth-order valence-electron chi connectivity index (χ4n) is 1.70. The van der Waals surface area contributed by atoms with Gasteiger partial charge in [-0.05, 0) is 43.3 Å². The molecule has 0 spiro atoms. The Balaban J connectivity index is 1.98. The minimum Gasteiger partial charge on any atom is -0.353 e. The fourth-order valence-corrected chi connectivity index (χ4v) is 3.35. The Morgan fingerprint density at radius 3 is 2.71 bits per heavy atom. The molecule has 0 aromatic carbocycles. The van der Waals surface area contributed by atoms with Crippen molar-refractivity contribution in [1.29, 1.82) is 0 Å². The highest BCUT2D eigenvalue weighted by molar-refractivity contribution is 8.01. The van der Waals surface area contributed by atoms with Crippen LogP contribution in [0, 0.1) is 0 Å². The van der Waals surface area contributed by atoms with E-state index in [2.05, 4.69) is 40.4 Å². The molecule has 2 aromatic heterocycles. The zero-order chi connectivity index (χ0) is 15.2. The maximum atomic E-state index is 4.51. The predicted octanol–water partition coefficient (Wildman–Crippen LogP) is 3.21. The molecule has 0 radical (unpaired) electrons. The number of aromatic nitrogens is 3. The maximum absolute atomic E-state index is 4.51. The van der Waals surface area contributed by atoms with Crippen LogP contribution in [0.1, 0.15) is 31.9 Å². The molecule has 5 nitrogen and oxygen atoms in total. The van der Waals surface area contributed by atoms with Crippen molar-refractivity contribution in [3.63, 3.8) is 0 Å². The second-order valence-corrected chi connectivity index (χ2v) is 7.18. The summed E-state index contributed by atoms with van der Waals surface area (Å²) in [5, 5.41) is 13.6. The molecule has 0 amide bonds. The monoisotopic (exact) mass is 323 g/mol. The standard InChI is InChI=1S/C14H21N5S2/c1-5-8-15-10(2)11-6-7-12(16-9-11)20-14-18-17-13(21-14)19(3)4/h6-7,9-10,15H,5,8H2,1-4H3. The van der Waals surface area contributed by atoms with Crippen LogP contribution in [0.4, 0.5) is 5.13 Å². The second kappa shape index (κ2) is 7.72. The first-order valence-electron chi connectivity index (χ1n) is 6.98. The molecule has 0 aliphatic rings. The summed E-state index contributed by atoms with van der Waals surface area (Å²) in [6.07, 6.45) is 3.07. The van der Waals surface area contributed by atoms with Gasteiger partial charge in [0.2, 0.25) is 5.13 Å². The van der Waals surface area contributed by atoms with Crippen molar-refractivity contribution in [3.05, 3.63) is 23.9 Å². The molecular weight excluding hydrogens is 302 g/mol. The molecule has 0 fully saturated rings. The Labute approximate surface area is 134 Å². The molecule has 0 saturated carbocycles. The van der Waals surface area contributed by atoms with E-state index in [9.17, 15) is 0 Å². The Morgan fingerprint density at radius 1 is 1.33 bits per heavy atom. The Kier molecular flexibility index (Phi) is 5.96. The van der Waals surface area contributed by atoms with E-state index < -0.39 is 0 Å². The van der Waals surface area contributed by atoms with Crippen molar-refractivity contribution in [2.75, 3.05) is 25.5 Å². The summed E-state index contributed by atoms with van der Waals surface area (Å²) < 4.78 is 0.913. The quantitative estimate of drug-likeness (QED) is 0.844. The smallest absolute Gasteiger partial charge is 0.208 e. The summed E-state index contributed by atoms with van der Waals surface area (Å²) in [7, 11) is 3.93. The number of rotatable bonds is 7. The number of nitrogens with one attached hydrogen (secondary N) is 1. The van der Waals surface area contributed by atoms with E-state index in [-0.39, 0.29) is 0 Å². The molecule has 2 rings (SSSR count). The van der Waals surface area contributed by atoms with Gasteiger partial charge in [-0.1, -0.05) is 24.3 Å². The van der Waals surface area contributed by atoms with Gasteiger partial charge in [0.1, 0.15) is 5.03 Å². The van der Waals surface area contributed by atoms with E-state index in [0.717, 1.165) is 27.5 Å². The third kappa shape index (κ3) is 4.66. The van der Waals surface area contributed by atoms with Crippen LogP contribution in [0.5, 0.6) is 0 Å². The maximum Gasteiger partial charge on any atom is 0.208 e. The lowest BCUT2D eigenvalue weighted by atomic mass is 10.1. The zero-order valence-corrected chi connectivity index (χ0v) is 14.5. The largest absolute Gasteiger partial charge is 0.353 e. The van der Waals surface area contributed by atoms with Gasteiger partial charge in [0, 0.05) is 26.3 Å². The van der Waals surface area contributed by atoms with E-state index in [4.69, 9.17) is 0 Å². The van der Waals surface area contributed by atoms with Crippen molar-refractivity contribution in [3.8, 4) is 0 Å². The summed E-state index contributed by atoms with van der Waals surface area (Å²) in [5.41, 5.74) is 1.21. The highest BCUT2D eigenvalue weighted by Gasteiger charge is 2.09. The van der Waals surface area contributed by atoms with Gasteiger partial charge in [-0.3, -0.25) is 0 Å². The Morgan fingerprint density at radius 2 is 2.14 bits per heavy atom. The Hall–Kier alpha value is -1.18. The first-order valence-corrected chi connectivity index (χ1v) is 8.61. The molecule has 21 heavy (non-hydrogen) atoms. The SMILES string of the molecule is CCCNC(C)c1ccc(Sc2nnc(N(C)C)s2)nc1. The number of hydrogen-bond acceptors (Lipinski definition) is 7. The van der Waals surface area contributed by atoms with Crippen LogP contribution in [-0.4, -0.2) is 35.8 Å². The number of anilines is 1. The van der Waals surface area contributed by atoms with Crippen LogP contribution in [0.3, 0.4) is 0 Å². The first-order chi connectivity index (χ1) is 10.1. The average molecular weight is 323 g/mol. The topological polar surface area (TPSA) is 53.9 Å². The van der Waals surface area contributed by atoms with Gasteiger partial charge >= 0.3 is 0 Å². The minimum atomic E-state index is 0.332. The lowest BCUT2D eigenvalue weighted by Gasteiger charge is -2.13. The third-order valence-corrected chi connectivity index (χ3v) is 5.02. The summed E-state index contributed by atoms with van der Waals surface area (Å²) in [5.74, 6) is 0. The molecule has 2 aromatic rings. The number of hydrogen-bond donors (Lipinski definition) is 1. The molecule has 2 heterocycles. The molecule has 0 saturated heterocycles. The van der Waals surface area contributed by atoms with Gasteiger partial charge in [0.25, 0.3) is 0 Å². The van der Waals surface area contributed by atoms with Crippen molar-refractivity contribution in [2.24, 2.45) is 0 Å². The van der Waals surface area contributed by atoms with E-state index in [1.165, 1.54) is 5.56 Å². The van der Waals surface area contributed by atoms with Gasteiger partial charge in [0.15, 0.2) is 4.34 Å². The summed E-state index contributed by atoms with van der Waals surface area (Å²) in [4.78, 5) is 6.46. The van der Waals surface area contributed by atoms with E-state index in [1.807, 2.05) is 31.3 Å². The van der Waals surface area contributed by atoms with E-state index in [1.54, 1.807) is 23.1 Å². The molecule has 114 valence electrons. The van der Waals surface area contributed by atoms with Crippen molar-refractivity contribution >= 4 is 28.2 Å². The third-order valence-electron chi connectivity index (χ3n) is 2.93. The van der Waals surface area contributed by atoms with Gasteiger partial charge < -0.3 is 10.2 Å².